The Morgan fingerprint density at radius 1 is 0.957 bits per heavy atom. The molecule has 1 fully saturated rings. The number of nitrogens with two attached hydrogens (primary N) is 1. The topological polar surface area (TPSA) is 35.2 Å². The summed E-state index contributed by atoms with van der Waals surface area (Å²) in [5, 5.41) is 0. The van der Waals surface area contributed by atoms with Crippen LogP contribution in [0, 0.1) is 17.6 Å². The molecule has 0 bridgehead atoms. The second-order valence-electron chi connectivity index (χ2n) is 6.12. The van der Waals surface area contributed by atoms with E-state index in [9.17, 15) is 8.78 Å². The van der Waals surface area contributed by atoms with E-state index < -0.39 is 17.7 Å². The van der Waals surface area contributed by atoms with Crippen molar-refractivity contribution in [3.63, 3.8) is 0 Å². The van der Waals surface area contributed by atoms with E-state index in [-0.39, 0.29) is 11.7 Å². The first-order valence-electron chi connectivity index (χ1n) is 8.13. The number of para-hydroxylation sites is 1. The van der Waals surface area contributed by atoms with Crippen LogP contribution in [0.4, 0.5) is 8.78 Å². The fraction of sp³-hybridized carbons (Fsp3) is 0.368. The summed E-state index contributed by atoms with van der Waals surface area (Å²) in [5.74, 6) is -1.14. The number of halogens is 2. The van der Waals surface area contributed by atoms with Gasteiger partial charge >= 0.3 is 0 Å². The van der Waals surface area contributed by atoms with Crippen molar-refractivity contribution in [3.05, 3.63) is 59.7 Å². The van der Waals surface area contributed by atoms with Crippen LogP contribution in [0.3, 0.4) is 0 Å². The van der Waals surface area contributed by atoms with E-state index in [0.29, 0.717) is 11.3 Å². The number of ether oxygens (including phenoxy) is 1. The molecule has 1 atom stereocenters. The van der Waals surface area contributed by atoms with Crippen molar-refractivity contribution in [1.29, 1.82) is 0 Å². The second-order valence-corrected chi connectivity index (χ2v) is 6.12. The molecule has 1 aliphatic carbocycles. The van der Waals surface area contributed by atoms with Crippen molar-refractivity contribution in [1.82, 2.24) is 0 Å². The number of hydrogen-bond donors (Lipinski definition) is 1. The van der Waals surface area contributed by atoms with Crippen molar-refractivity contribution in [2.45, 2.75) is 38.1 Å². The zero-order chi connectivity index (χ0) is 16.2. The van der Waals surface area contributed by atoms with Gasteiger partial charge in [0.1, 0.15) is 5.75 Å². The highest BCUT2D eigenvalue weighted by atomic mass is 19.1. The monoisotopic (exact) mass is 317 g/mol. The van der Waals surface area contributed by atoms with Gasteiger partial charge in [0.05, 0.1) is 0 Å². The summed E-state index contributed by atoms with van der Waals surface area (Å²) < 4.78 is 34.2. The van der Waals surface area contributed by atoms with Gasteiger partial charge in [-0.15, -0.1) is 0 Å². The van der Waals surface area contributed by atoms with Crippen LogP contribution in [0.25, 0.3) is 0 Å². The van der Waals surface area contributed by atoms with Gasteiger partial charge in [-0.2, -0.15) is 0 Å². The van der Waals surface area contributed by atoms with E-state index in [4.69, 9.17) is 10.5 Å². The molecule has 4 heteroatoms. The zero-order valence-electron chi connectivity index (χ0n) is 13.0. The van der Waals surface area contributed by atoms with E-state index in [1.807, 2.05) is 6.07 Å². The summed E-state index contributed by atoms with van der Waals surface area (Å²) in [7, 11) is 0. The van der Waals surface area contributed by atoms with E-state index in [1.165, 1.54) is 18.6 Å². The van der Waals surface area contributed by atoms with Gasteiger partial charge in [0.2, 0.25) is 0 Å². The summed E-state index contributed by atoms with van der Waals surface area (Å²) in [5.41, 5.74) is 6.60. The Hall–Kier alpha value is -1.94. The molecule has 1 unspecified atom stereocenters. The maximum Gasteiger partial charge on any atom is 0.198 e. The Morgan fingerprint density at radius 3 is 2.35 bits per heavy atom. The van der Waals surface area contributed by atoms with E-state index >= 15 is 0 Å². The summed E-state index contributed by atoms with van der Waals surface area (Å²) in [6.07, 6.45) is 5.43. The summed E-state index contributed by atoms with van der Waals surface area (Å²) >= 11 is 0. The smallest absolute Gasteiger partial charge is 0.198 e. The number of benzene rings is 2. The second kappa shape index (κ2) is 7.09. The van der Waals surface area contributed by atoms with Gasteiger partial charge in [0, 0.05) is 11.6 Å². The fourth-order valence-electron chi connectivity index (χ4n) is 3.25. The lowest BCUT2D eigenvalue weighted by Gasteiger charge is -2.28. The van der Waals surface area contributed by atoms with Crippen molar-refractivity contribution >= 4 is 0 Å². The van der Waals surface area contributed by atoms with Gasteiger partial charge in [0.25, 0.3) is 0 Å². The minimum absolute atomic E-state index is 0.244. The molecule has 2 aromatic carbocycles. The predicted molar refractivity (Wildman–Crippen MR) is 86.4 cm³/mol. The maximum atomic E-state index is 14.8. The maximum absolute atomic E-state index is 14.8. The Bertz CT molecular complexity index is 654. The average Bonchev–Trinajstić information content (AvgIpc) is 2.60. The summed E-state index contributed by atoms with van der Waals surface area (Å²) in [4.78, 5) is 0. The van der Waals surface area contributed by atoms with Crippen LogP contribution in [-0.4, -0.2) is 0 Å². The molecule has 3 rings (SSSR count). The lowest BCUT2D eigenvalue weighted by atomic mass is 9.81. The van der Waals surface area contributed by atoms with Crippen LogP contribution in [0.1, 0.15) is 43.7 Å². The first-order chi connectivity index (χ1) is 11.2. The van der Waals surface area contributed by atoms with Crippen molar-refractivity contribution in [3.8, 4) is 11.5 Å². The molecule has 1 saturated carbocycles. The van der Waals surface area contributed by atoms with E-state index in [0.717, 1.165) is 25.7 Å². The molecule has 0 aromatic heterocycles. The molecule has 2 nitrogen and oxygen atoms in total. The third kappa shape index (κ3) is 3.53. The molecule has 0 radical (unpaired) electrons. The van der Waals surface area contributed by atoms with Gasteiger partial charge in [-0.1, -0.05) is 43.5 Å². The van der Waals surface area contributed by atoms with Gasteiger partial charge < -0.3 is 10.5 Å². The number of hydrogen-bond acceptors (Lipinski definition) is 2. The Morgan fingerprint density at radius 2 is 1.65 bits per heavy atom. The molecule has 1 aliphatic rings. The zero-order valence-corrected chi connectivity index (χ0v) is 13.0. The van der Waals surface area contributed by atoms with Crippen LogP contribution in [0.5, 0.6) is 11.5 Å². The Labute approximate surface area is 135 Å². The first-order valence-corrected chi connectivity index (χ1v) is 8.13. The van der Waals surface area contributed by atoms with Crippen molar-refractivity contribution < 1.29 is 13.5 Å². The summed E-state index contributed by atoms with van der Waals surface area (Å²) in [6.45, 7) is 0. The van der Waals surface area contributed by atoms with Gasteiger partial charge in [-0.3, -0.25) is 0 Å². The average molecular weight is 317 g/mol. The van der Waals surface area contributed by atoms with E-state index in [1.54, 1.807) is 24.3 Å². The SMILES string of the molecule is NC(c1ccc(F)c(Oc2ccccc2)c1F)C1CCCCC1. The van der Waals surface area contributed by atoms with Gasteiger partial charge in [-0.05, 0) is 37.0 Å². The van der Waals surface area contributed by atoms with Crippen LogP contribution in [0.2, 0.25) is 0 Å². The van der Waals surface area contributed by atoms with Gasteiger partial charge in [0.15, 0.2) is 17.4 Å². The third-order valence-corrected chi connectivity index (χ3v) is 4.56. The summed E-state index contributed by atoms with van der Waals surface area (Å²) in [6, 6.07) is 10.9. The normalized spacial score (nSPS) is 17.0. The van der Waals surface area contributed by atoms with Crippen molar-refractivity contribution in [2.75, 3.05) is 0 Å². The van der Waals surface area contributed by atoms with Crippen LogP contribution < -0.4 is 10.5 Å². The Kier molecular flexibility index (Phi) is 4.91. The molecule has 0 saturated heterocycles. The highest BCUT2D eigenvalue weighted by molar-refractivity contribution is 5.38. The minimum atomic E-state index is -0.717. The highest BCUT2D eigenvalue weighted by Crippen LogP contribution is 2.37. The van der Waals surface area contributed by atoms with Crippen LogP contribution in [0.15, 0.2) is 42.5 Å². The third-order valence-electron chi connectivity index (χ3n) is 4.56. The van der Waals surface area contributed by atoms with Crippen molar-refractivity contribution in [2.24, 2.45) is 11.7 Å². The van der Waals surface area contributed by atoms with Crippen LogP contribution >= 0.6 is 0 Å². The van der Waals surface area contributed by atoms with Gasteiger partial charge in [-0.25, -0.2) is 8.78 Å². The standard InChI is InChI=1S/C19H21F2NO/c20-16-12-11-15(18(22)13-7-3-1-4-8-13)17(21)19(16)23-14-9-5-2-6-10-14/h2,5-6,9-13,18H,1,3-4,7-8,22H2. The molecular formula is C19H21F2NO. The number of rotatable bonds is 4. The molecule has 2 N–H and O–H groups in total. The molecule has 122 valence electrons. The van der Waals surface area contributed by atoms with Crippen LogP contribution in [-0.2, 0) is 0 Å². The lowest BCUT2D eigenvalue weighted by Crippen LogP contribution is -2.24. The fourth-order valence-corrected chi connectivity index (χ4v) is 3.25. The molecule has 23 heavy (non-hydrogen) atoms. The quantitative estimate of drug-likeness (QED) is 0.826. The minimum Gasteiger partial charge on any atom is -0.451 e. The molecule has 0 amide bonds. The molecule has 0 spiro atoms. The Balaban J connectivity index is 1.88. The molecular weight excluding hydrogens is 296 g/mol. The molecule has 0 heterocycles. The first kappa shape index (κ1) is 15.9. The highest BCUT2D eigenvalue weighted by Gasteiger charge is 2.27. The molecule has 2 aromatic rings. The lowest BCUT2D eigenvalue weighted by molar-refractivity contribution is 0.300. The predicted octanol–water partition coefficient (Wildman–Crippen LogP) is 5.34. The largest absolute Gasteiger partial charge is 0.451 e. The molecule has 0 aliphatic heterocycles. The van der Waals surface area contributed by atoms with E-state index in [2.05, 4.69) is 0 Å².